The molecule has 69 valence electrons. The van der Waals surface area contributed by atoms with Crippen LogP contribution in [0.3, 0.4) is 0 Å². The summed E-state index contributed by atoms with van der Waals surface area (Å²) in [6.07, 6.45) is 6.29. The van der Waals surface area contributed by atoms with Gasteiger partial charge in [0.15, 0.2) is 0 Å². The van der Waals surface area contributed by atoms with Gasteiger partial charge in [0.25, 0.3) is 7.42 Å². The topological polar surface area (TPSA) is 12.5 Å². The van der Waals surface area contributed by atoms with Crippen molar-refractivity contribution in [3.63, 3.8) is 0 Å². The number of hydrogen-bond donors (Lipinski definition) is 0. The third-order valence-corrected chi connectivity index (χ3v) is 4.65. The smallest absolute Gasteiger partial charge is 0.273 e. The molecule has 1 saturated heterocycles. The monoisotopic (exact) mass is 223 g/mol. The van der Waals surface area contributed by atoms with E-state index >= 15 is 0 Å². The molecule has 2 aliphatic rings. The lowest BCUT2D eigenvalue weighted by Crippen LogP contribution is -2.14. The van der Waals surface area contributed by atoms with E-state index in [-0.39, 0.29) is 0 Å². The first-order chi connectivity index (χ1) is 5.75. The van der Waals surface area contributed by atoms with Crippen LogP contribution in [0.25, 0.3) is 0 Å². The predicted octanol–water partition coefficient (Wildman–Crippen LogP) is 2.91. The van der Waals surface area contributed by atoms with Gasteiger partial charge in [0.1, 0.15) is 0 Å². The third kappa shape index (κ3) is 2.38. The van der Waals surface area contributed by atoms with Crippen molar-refractivity contribution in [1.29, 1.82) is 0 Å². The second kappa shape index (κ2) is 3.87. The van der Waals surface area contributed by atoms with Crippen LogP contribution in [0, 0.1) is 5.92 Å². The molecule has 2 rings (SSSR count). The molecule has 1 aliphatic heterocycles. The molecule has 0 aromatic rings. The van der Waals surface area contributed by atoms with Gasteiger partial charge in [-0.3, -0.25) is 0 Å². The summed E-state index contributed by atoms with van der Waals surface area (Å²) in [5.41, 5.74) is 0. The Morgan fingerprint density at radius 1 is 1.25 bits per heavy atom. The van der Waals surface area contributed by atoms with Crippen molar-refractivity contribution in [3.8, 4) is 0 Å². The maximum Gasteiger partial charge on any atom is 0.273 e. The van der Waals surface area contributed by atoms with E-state index in [2.05, 4.69) is 0 Å². The average molecular weight is 224 g/mol. The molecule has 0 amide bonds. The van der Waals surface area contributed by atoms with Crippen LogP contribution in [0.4, 0.5) is 0 Å². The summed E-state index contributed by atoms with van der Waals surface area (Å²) in [4.78, 5) is 0. The molecule has 1 radical (unpaired) electrons. The fourth-order valence-corrected chi connectivity index (χ4v) is 3.34. The number of epoxide rings is 1. The zero-order valence-corrected chi connectivity index (χ0v) is 9.44. The maximum atomic E-state index is 5.78. The SMILES string of the molecule is Cl[Si](Cl)CCC1CCC2OC2C1. The minimum atomic E-state index is -1.03. The first-order valence-electron chi connectivity index (χ1n) is 4.58. The van der Waals surface area contributed by atoms with Crippen LogP contribution in [0.15, 0.2) is 0 Å². The third-order valence-electron chi connectivity index (χ3n) is 2.85. The van der Waals surface area contributed by atoms with Crippen LogP contribution in [-0.2, 0) is 4.74 Å². The van der Waals surface area contributed by atoms with E-state index in [9.17, 15) is 0 Å². The summed E-state index contributed by atoms with van der Waals surface area (Å²) < 4.78 is 5.46. The van der Waals surface area contributed by atoms with Crippen molar-refractivity contribution in [2.24, 2.45) is 5.92 Å². The van der Waals surface area contributed by atoms with Gasteiger partial charge >= 0.3 is 0 Å². The molecule has 3 atom stereocenters. The van der Waals surface area contributed by atoms with Crippen molar-refractivity contribution in [2.75, 3.05) is 0 Å². The van der Waals surface area contributed by atoms with Gasteiger partial charge in [0.2, 0.25) is 0 Å². The fourth-order valence-electron chi connectivity index (χ4n) is 2.06. The molecular formula is C8H13Cl2OSi. The number of hydrogen-bond acceptors (Lipinski definition) is 1. The maximum absolute atomic E-state index is 5.78. The molecule has 12 heavy (non-hydrogen) atoms. The lowest BCUT2D eigenvalue weighted by atomic mass is 9.88. The van der Waals surface area contributed by atoms with Crippen LogP contribution in [0.1, 0.15) is 25.7 Å². The van der Waals surface area contributed by atoms with E-state index in [4.69, 9.17) is 26.9 Å². The van der Waals surface area contributed by atoms with Crippen molar-refractivity contribution < 1.29 is 4.74 Å². The normalized spacial score (nSPS) is 39.8. The molecule has 1 heterocycles. The molecule has 3 unspecified atom stereocenters. The van der Waals surface area contributed by atoms with Crippen molar-refractivity contribution in [2.45, 2.75) is 43.9 Å². The van der Waals surface area contributed by atoms with E-state index in [0.29, 0.717) is 12.2 Å². The largest absolute Gasteiger partial charge is 0.370 e. The summed E-state index contributed by atoms with van der Waals surface area (Å²) in [7, 11) is -1.03. The lowest BCUT2D eigenvalue weighted by molar-refractivity contribution is 0.357. The molecule has 0 spiro atoms. The highest BCUT2D eigenvalue weighted by molar-refractivity contribution is 7.33. The molecule has 0 N–H and O–H groups in total. The van der Waals surface area contributed by atoms with Crippen LogP contribution in [0.2, 0.25) is 6.04 Å². The molecule has 1 aliphatic carbocycles. The first kappa shape index (κ1) is 9.32. The van der Waals surface area contributed by atoms with Gasteiger partial charge in [-0.05, 0) is 31.2 Å². The van der Waals surface area contributed by atoms with Crippen molar-refractivity contribution in [3.05, 3.63) is 0 Å². The van der Waals surface area contributed by atoms with Crippen LogP contribution in [0.5, 0.6) is 0 Å². The fraction of sp³-hybridized carbons (Fsp3) is 1.00. The Hall–Kier alpha value is 0.757. The minimum absolute atomic E-state index is 0.602. The average Bonchev–Trinajstić information content (AvgIpc) is 2.78. The second-order valence-corrected chi connectivity index (χ2v) is 8.26. The summed E-state index contributed by atoms with van der Waals surface area (Å²) in [5.74, 6) is 0.839. The summed E-state index contributed by atoms with van der Waals surface area (Å²) >= 11 is 11.6. The van der Waals surface area contributed by atoms with Gasteiger partial charge in [-0.15, -0.1) is 22.2 Å². The van der Waals surface area contributed by atoms with Gasteiger partial charge in [0.05, 0.1) is 12.2 Å². The van der Waals surface area contributed by atoms with E-state index in [1.165, 1.54) is 25.7 Å². The highest BCUT2D eigenvalue weighted by Gasteiger charge is 2.43. The predicted molar refractivity (Wildman–Crippen MR) is 52.9 cm³/mol. The van der Waals surface area contributed by atoms with Crippen LogP contribution < -0.4 is 0 Å². The van der Waals surface area contributed by atoms with E-state index in [1.54, 1.807) is 0 Å². The molecule has 1 saturated carbocycles. The summed E-state index contributed by atoms with van der Waals surface area (Å²) in [5, 5.41) is 0. The zero-order chi connectivity index (χ0) is 8.55. The number of fused-ring (bicyclic) bond motifs is 1. The number of halogens is 2. The zero-order valence-electron chi connectivity index (χ0n) is 6.93. The van der Waals surface area contributed by atoms with Gasteiger partial charge in [-0.1, -0.05) is 6.42 Å². The van der Waals surface area contributed by atoms with Gasteiger partial charge in [0, 0.05) is 0 Å². The van der Waals surface area contributed by atoms with E-state index in [1.807, 2.05) is 0 Å². The lowest BCUT2D eigenvalue weighted by Gasteiger charge is -2.18. The van der Waals surface area contributed by atoms with Crippen LogP contribution in [-0.4, -0.2) is 19.6 Å². The van der Waals surface area contributed by atoms with Crippen molar-refractivity contribution in [1.82, 2.24) is 0 Å². The Bertz CT molecular complexity index is 165. The van der Waals surface area contributed by atoms with Gasteiger partial charge in [-0.2, -0.15) is 0 Å². The Balaban J connectivity index is 1.67. The molecular weight excluding hydrogens is 211 g/mol. The van der Waals surface area contributed by atoms with Gasteiger partial charge < -0.3 is 4.74 Å². The Labute approximate surface area is 84.4 Å². The van der Waals surface area contributed by atoms with E-state index in [0.717, 1.165) is 12.0 Å². The molecule has 0 aromatic carbocycles. The molecule has 4 heteroatoms. The van der Waals surface area contributed by atoms with Crippen LogP contribution >= 0.6 is 22.2 Å². The van der Waals surface area contributed by atoms with E-state index < -0.39 is 7.42 Å². The Morgan fingerprint density at radius 2 is 2.08 bits per heavy atom. The van der Waals surface area contributed by atoms with Crippen molar-refractivity contribution >= 4 is 29.6 Å². The quantitative estimate of drug-likeness (QED) is 0.408. The Kier molecular flexibility index (Phi) is 3.00. The second-order valence-electron chi connectivity index (χ2n) is 3.77. The highest BCUT2D eigenvalue weighted by atomic mass is 35.7. The summed E-state index contributed by atoms with van der Waals surface area (Å²) in [6, 6.07) is 1.04. The van der Waals surface area contributed by atoms with Gasteiger partial charge in [-0.25, -0.2) is 0 Å². The number of ether oxygens (including phenoxy) is 1. The molecule has 2 fully saturated rings. The minimum Gasteiger partial charge on any atom is -0.370 e. The first-order valence-corrected chi connectivity index (χ1v) is 8.31. The highest BCUT2D eigenvalue weighted by Crippen LogP contribution is 2.41. The standard InChI is InChI=1S/C8H13Cl2OSi/c9-12(10)4-3-6-1-2-7-8(5-6)11-7/h6-8H,1-5H2. The molecule has 1 nitrogen and oxygen atoms in total. The Morgan fingerprint density at radius 3 is 2.75 bits per heavy atom. The molecule has 0 bridgehead atoms. The molecule has 0 aromatic heterocycles. The summed E-state index contributed by atoms with van der Waals surface area (Å²) in [6.45, 7) is 0. The number of rotatable bonds is 3.